The number of hydrogen-bond acceptors (Lipinski definition) is 6. The maximum absolute atomic E-state index is 13.1. The molecule has 3 heterocycles. The number of benzene rings is 2. The molecule has 2 unspecified atom stereocenters. The van der Waals surface area contributed by atoms with Crippen LogP contribution in [0, 0.1) is 0 Å². The summed E-state index contributed by atoms with van der Waals surface area (Å²) in [6.45, 7) is 2.41. The first-order valence-corrected chi connectivity index (χ1v) is 11.7. The monoisotopic (exact) mass is 475 g/mol. The Hall–Kier alpha value is -3.66. The summed E-state index contributed by atoms with van der Waals surface area (Å²) >= 11 is 0. The zero-order valence-corrected chi connectivity index (χ0v) is 19.5. The highest BCUT2D eigenvalue weighted by Crippen LogP contribution is 2.34. The summed E-state index contributed by atoms with van der Waals surface area (Å²) in [7, 11) is 1.75. The molecule has 180 valence electrons. The van der Waals surface area contributed by atoms with Crippen molar-refractivity contribution in [3.05, 3.63) is 64.7 Å². The van der Waals surface area contributed by atoms with E-state index in [-0.39, 0.29) is 36.7 Å². The minimum Gasteiger partial charge on any atom is -0.489 e. The molecule has 9 nitrogen and oxygen atoms in total. The number of carbonyl (C=O) groups is 4. The molecule has 2 atom stereocenters. The number of morpholine rings is 1. The van der Waals surface area contributed by atoms with Crippen LogP contribution < -0.4 is 10.1 Å². The SMILES string of the molecule is BC1CC(N2Cc3c(OCc4ccc(CN5CCOCC5=O)cc4)cccc3C2=O)C(=O)NC1=O. The van der Waals surface area contributed by atoms with Gasteiger partial charge in [-0.1, -0.05) is 30.3 Å². The highest BCUT2D eigenvalue weighted by molar-refractivity contribution is 6.27. The van der Waals surface area contributed by atoms with E-state index in [1.165, 1.54) is 4.90 Å². The normalized spacial score (nSPS) is 22.3. The van der Waals surface area contributed by atoms with Gasteiger partial charge in [0.2, 0.25) is 17.7 Å². The van der Waals surface area contributed by atoms with Crippen molar-refractivity contribution in [1.29, 1.82) is 0 Å². The first-order chi connectivity index (χ1) is 16.9. The van der Waals surface area contributed by atoms with E-state index in [1.54, 1.807) is 24.9 Å². The molecule has 0 aliphatic carbocycles. The van der Waals surface area contributed by atoms with Crippen LogP contribution in [0.4, 0.5) is 0 Å². The lowest BCUT2D eigenvalue weighted by molar-refractivity contribution is -0.143. The average molecular weight is 475 g/mol. The van der Waals surface area contributed by atoms with Crippen molar-refractivity contribution in [1.82, 2.24) is 15.1 Å². The Bertz CT molecular complexity index is 1180. The lowest BCUT2D eigenvalue weighted by Crippen LogP contribution is -2.54. The second-order valence-electron chi connectivity index (χ2n) is 9.19. The molecule has 0 radical (unpaired) electrons. The predicted molar refractivity (Wildman–Crippen MR) is 127 cm³/mol. The van der Waals surface area contributed by atoms with Gasteiger partial charge in [-0.25, -0.2) is 0 Å². The minimum atomic E-state index is -0.679. The predicted octanol–water partition coefficient (Wildman–Crippen LogP) is 0.417. The van der Waals surface area contributed by atoms with Gasteiger partial charge in [-0.15, -0.1) is 0 Å². The third-order valence-corrected chi connectivity index (χ3v) is 6.78. The third-order valence-electron chi connectivity index (χ3n) is 6.78. The second-order valence-corrected chi connectivity index (χ2v) is 9.19. The van der Waals surface area contributed by atoms with E-state index >= 15 is 0 Å². The highest BCUT2D eigenvalue weighted by Gasteiger charge is 2.42. The van der Waals surface area contributed by atoms with Gasteiger partial charge in [-0.05, 0) is 29.7 Å². The van der Waals surface area contributed by atoms with Gasteiger partial charge in [-0.2, -0.15) is 0 Å². The van der Waals surface area contributed by atoms with E-state index in [0.29, 0.717) is 44.0 Å². The Morgan fingerprint density at radius 1 is 1.03 bits per heavy atom. The molecule has 2 aromatic rings. The van der Waals surface area contributed by atoms with Crippen LogP contribution in [0.15, 0.2) is 42.5 Å². The number of ether oxygens (including phenoxy) is 2. The van der Waals surface area contributed by atoms with Crippen molar-refractivity contribution in [3.63, 3.8) is 0 Å². The van der Waals surface area contributed by atoms with Gasteiger partial charge >= 0.3 is 0 Å². The van der Waals surface area contributed by atoms with Crippen LogP contribution in [0.3, 0.4) is 0 Å². The van der Waals surface area contributed by atoms with E-state index < -0.39 is 11.9 Å². The molecule has 4 amide bonds. The maximum atomic E-state index is 13.1. The standard InChI is InChI=1S/C25H26BN3O6/c26-19-10-20(24(32)27-23(19)31)29-12-18-17(25(29)33)2-1-3-21(18)35-13-16-6-4-15(5-7-16)11-28-8-9-34-14-22(28)30/h1-7,19-20H,8-14,26H2,(H,27,31,32). The van der Waals surface area contributed by atoms with E-state index in [1.807, 2.05) is 30.3 Å². The minimum absolute atomic E-state index is 0.00283. The van der Waals surface area contributed by atoms with Crippen LogP contribution in [0.2, 0.25) is 5.82 Å². The number of imide groups is 1. The lowest BCUT2D eigenvalue weighted by Gasteiger charge is -2.32. The number of carbonyl (C=O) groups excluding carboxylic acids is 4. The average Bonchev–Trinajstić information content (AvgIpc) is 3.19. The topological polar surface area (TPSA) is 105 Å². The fraction of sp³-hybridized carbons (Fsp3) is 0.360. The van der Waals surface area contributed by atoms with Gasteiger partial charge in [-0.3, -0.25) is 24.5 Å². The van der Waals surface area contributed by atoms with Crippen LogP contribution in [-0.2, 0) is 38.8 Å². The molecule has 2 saturated heterocycles. The van der Waals surface area contributed by atoms with Crippen LogP contribution >= 0.6 is 0 Å². The van der Waals surface area contributed by atoms with Gasteiger partial charge in [0.15, 0.2) is 0 Å². The van der Waals surface area contributed by atoms with Gasteiger partial charge in [0.1, 0.15) is 32.9 Å². The summed E-state index contributed by atoms with van der Waals surface area (Å²) in [5.74, 6) is -0.709. The molecule has 0 spiro atoms. The summed E-state index contributed by atoms with van der Waals surface area (Å²) < 4.78 is 11.2. The molecule has 0 aromatic heterocycles. The molecule has 2 fully saturated rings. The summed E-state index contributed by atoms with van der Waals surface area (Å²) in [5, 5.41) is 2.37. The van der Waals surface area contributed by atoms with E-state index in [9.17, 15) is 19.2 Å². The van der Waals surface area contributed by atoms with Crippen molar-refractivity contribution in [2.45, 2.75) is 38.0 Å². The number of nitrogens with zero attached hydrogens (tertiary/aromatic N) is 2. The number of amides is 4. The molecule has 2 aromatic carbocycles. The highest BCUT2D eigenvalue weighted by atomic mass is 16.5. The van der Waals surface area contributed by atoms with Crippen LogP contribution in [0.1, 0.15) is 33.5 Å². The Labute approximate surface area is 203 Å². The Balaban J connectivity index is 1.24. The molecule has 0 saturated carbocycles. The number of rotatable bonds is 6. The molecule has 3 aliphatic heterocycles. The summed E-state index contributed by atoms with van der Waals surface area (Å²) in [4.78, 5) is 52.5. The maximum Gasteiger partial charge on any atom is 0.255 e. The van der Waals surface area contributed by atoms with E-state index in [0.717, 1.165) is 16.7 Å². The molecule has 10 heteroatoms. The second kappa shape index (κ2) is 9.54. The van der Waals surface area contributed by atoms with Crippen LogP contribution in [-0.4, -0.2) is 67.1 Å². The van der Waals surface area contributed by atoms with Crippen molar-refractivity contribution in [2.24, 2.45) is 0 Å². The molecular formula is C25H26BN3O6. The molecule has 35 heavy (non-hydrogen) atoms. The van der Waals surface area contributed by atoms with Crippen LogP contribution in [0.5, 0.6) is 5.75 Å². The van der Waals surface area contributed by atoms with Crippen molar-refractivity contribution in [2.75, 3.05) is 19.8 Å². The summed E-state index contributed by atoms with van der Waals surface area (Å²) in [5.41, 5.74) is 3.26. The van der Waals surface area contributed by atoms with Gasteiger partial charge < -0.3 is 19.3 Å². The van der Waals surface area contributed by atoms with Gasteiger partial charge in [0.05, 0.1) is 13.2 Å². The number of hydrogen-bond donors (Lipinski definition) is 1. The zero-order chi connectivity index (χ0) is 24.5. The fourth-order valence-corrected chi connectivity index (χ4v) is 4.70. The van der Waals surface area contributed by atoms with Gasteiger partial charge in [0.25, 0.3) is 5.91 Å². The summed E-state index contributed by atoms with van der Waals surface area (Å²) in [6, 6.07) is 12.5. The quantitative estimate of drug-likeness (QED) is 0.480. The Morgan fingerprint density at radius 3 is 2.57 bits per heavy atom. The van der Waals surface area contributed by atoms with Crippen molar-refractivity contribution >= 4 is 31.5 Å². The van der Waals surface area contributed by atoms with E-state index in [2.05, 4.69) is 5.32 Å². The smallest absolute Gasteiger partial charge is 0.255 e. The zero-order valence-electron chi connectivity index (χ0n) is 19.5. The third kappa shape index (κ3) is 4.66. The molecule has 3 aliphatic rings. The summed E-state index contributed by atoms with van der Waals surface area (Å²) in [6.07, 6.45) is 0.309. The molecular weight excluding hydrogens is 449 g/mol. The number of nitrogens with one attached hydrogen (secondary N) is 1. The van der Waals surface area contributed by atoms with Crippen molar-refractivity contribution < 1.29 is 28.7 Å². The Kier molecular flexibility index (Phi) is 6.30. The van der Waals surface area contributed by atoms with Gasteiger partial charge in [0, 0.05) is 30.0 Å². The van der Waals surface area contributed by atoms with E-state index in [4.69, 9.17) is 9.47 Å². The van der Waals surface area contributed by atoms with Crippen molar-refractivity contribution in [3.8, 4) is 5.75 Å². The van der Waals surface area contributed by atoms with Crippen LogP contribution in [0.25, 0.3) is 0 Å². The number of fused-ring (bicyclic) bond motifs is 1. The lowest BCUT2D eigenvalue weighted by atomic mass is 9.78. The molecule has 0 bridgehead atoms. The fourth-order valence-electron chi connectivity index (χ4n) is 4.70. The first-order valence-electron chi connectivity index (χ1n) is 11.7. The molecule has 5 rings (SSSR count). The largest absolute Gasteiger partial charge is 0.489 e. The molecule has 1 N–H and O–H groups in total. The first kappa shape index (κ1) is 23.1. The Morgan fingerprint density at radius 2 is 1.80 bits per heavy atom. The number of piperidine rings is 1.